The number of fused-ring (bicyclic) bond motifs is 1. The first kappa shape index (κ1) is 23.5. The smallest absolute Gasteiger partial charge is 0.119 e. The van der Waals surface area contributed by atoms with Gasteiger partial charge in [0.25, 0.3) is 0 Å². The first-order chi connectivity index (χ1) is 15.2. The molecule has 0 aliphatic carbocycles. The van der Waals surface area contributed by atoms with Crippen molar-refractivity contribution in [1.29, 1.82) is 0 Å². The lowest BCUT2D eigenvalue weighted by Gasteiger charge is -2.21. The van der Waals surface area contributed by atoms with Crippen molar-refractivity contribution in [2.45, 2.75) is 52.9 Å². The second-order valence-corrected chi connectivity index (χ2v) is 9.24. The average Bonchev–Trinajstić information content (AvgIpc) is 3.19. The van der Waals surface area contributed by atoms with Gasteiger partial charge >= 0.3 is 0 Å². The zero-order chi connectivity index (χ0) is 21.9. The molecule has 0 amide bonds. The number of thiazole rings is 1. The van der Waals surface area contributed by atoms with Gasteiger partial charge in [0.2, 0.25) is 0 Å². The lowest BCUT2D eigenvalue weighted by Crippen LogP contribution is -2.28. The predicted octanol–water partition coefficient (Wildman–Crippen LogP) is 7.45. The minimum atomic E-state index is 0.773. The summed E-state index contributed by atoms with van der Waals surface area (Å²) >= 11 is 1.73. The molecule has 0 aliphatic heterocycles. The van der Waals surface area contributed by atoms with E-state index < -0.39 is 0 Å². The Hall–Kier alpha value is -2.17. The lowest BCUT2D eigenvalue weighted by molar-refractivity contribution is 0.229. The summed E-state index contributed by atoms with van der Waals surface area (Å²) in [5.41, 5.74) is 3.49. The summed E-state index contributed by atoms with van der Waals surface area (Å²) in [4.78, 5) is 7.30. The van der Waals surface area contributed by atoms with Crippen LogP contribution in [-0.2, 0) is 0 Å². The SMILES string of the molecule is CCCCN(CCCC)CCCOc1ccc(/C=C/c2nc3cc(C)ccc3s2)cc1. The van der Waals surface area contributed by atoms with Gasteiger partial charge in [0.1, 0.15) is 10.8 Å². The summed E-state index contributed by atoms with van der Waals surface area (Å²) in [7, 11) is 0. The molecule has 4 heteroatoms. The van der Waals surface area contributed by atoms with Crippen molar-refractivity contribution in [3.63, 3.8) is 0 Å². The molecule has 0 unspecified atom stereocenters. The molecule has 0 N–H and O–H groups in total. The van der Waals surface area contributed by atoms with Crippen molar-refractivity contribution >= 4 is 33.7 Å². The molecule has 0 bridgehead atoms. The van der Waals surface area contributed by atoms with Crippen molar-refractivity contribution in [2.75, 3.05) is 26.2 Å². The van der Waals surface area contributed by atoms with Gasteiger partial charge in [-0.3, -0.25) is 0 Å². The number of rotatable bonds is 13. The maximum atomic E-state index is 5.97. The molecule has 1 aromatic heterocycles. The highest BCUT2D eigenvalue weighted by Gasteiger charge is 2.04. The zero-order valence-corrected chi connectivity index (χ0v) is 20.1. The first-order valence-electron chi connectivity index (χ1n) is 11.7. The van der Waals surface area contributed by atoms with E-state index in [9.17, 15) is 0 Å². The molecule has 2 aromatic carbocycles. The molecule has 0 saturated heterocycles. The molecule has 0 saturated carbocycles. The highest BCUT2D eigenvalue weighted by molar-refractivity contribution is 7.19. The Bertz CT molecular complexity index is 938. The maximum absolute atomic E-state index is 5.97. The third-order valence-corrected chi connectivity index (χ3v) is 6.40. The summed E-state index contributed by atoms with van der Waals surface area (Å²) in [5.74, 6) is 0.946. The third kappa shape index (κ3) is 7.79. The Kier molecular flexibility index (Phi) is 9.57. The molecule has 3 aromatic rings. The van der Waals surface area contributed by atoms with Crippen LogP contribution in [0, 0.1) is 6.92 Å². The molecule has 0 radical (unpaired) electrons. The minimum absolute atomic E-state index is 0.773. The Balaban J connectivity index is 1.45. The minimum Gasteiger partial charge on any atom is -0.494 e. The molecular weight excluding hydrogens is 400 g/mol. The molecule has 166 valence electrons. The molecule has 0 atom stereocenters. The fourth-order valence-corrected chi connectivity index (χ4v) is 4.40. The Morgan fingerprint density at radius 3 is 2.32 bits per heavy atom. The van der Waals surface area contributed by atoms with Crippen molar-refractivity contribution in [1.82, 2.24) is 9.88 Å². The van der Waals surface area contributed by atoms with Crippen LogP contribution in [0.2, 0.25) is 0 Å². The van der Waals surface area contributed by atoms with Crippen LogP contribution in [0.4, 0.5) is 0 Å². The van der Waals surface area contributed by atoms with Gasteiger partial charge in [-0.15, -0.1) is 11.3 Å². The van der Waals surface area contributed by atoms with Crippen LogP contribution >= 0.6 is 11.3 Å². The van der Waals surface area contributed by atoms with Crippen LogP contribution in [0.5, 0.6) is 5.75 Å². The van der Waals surface area contributed by atoms with E-state index in [4.69, 9.17) is 9.72 Å². The quantitative estimate of drug-likeness (QED) is 0.260. The fraction of sp³-hybridized carbons (Fsp3) is 0.444. The van der Waals surface area contributed by atoms with E-state index in [0.717, 1.165) is 41.4 Å². The van der Waals surface area contributed by atoms with E-state index in [1.54, 1.807) is 11.3 Å². The second kappa shape index (κ2) is 12.6. The summed E-state index contributed by atoms with van der Waals surface area (Å²) in [6, 6.07) is 14.8. The Morgan fingerprint density at radius 2 is 1.61 bits per heavy atom. The third-order valence-electron chi connectivity index (χ3n) is 5.40. The van der Waals surface area contributed by atoms with Crippen LogP contribution in [-0.4, -0.2) is 36.1 Å². The molecule has 31 heavy (non-hydrogen) atoms. The zero-order valence-electron chi connectivity index (χ0n) is 19.3. The topological polar surface area (TPSA) is 25.4 Å². The molecule has 1 heterocycles. The predicted molar refractivity (Wildman–Crippen MR) is 136 cm³/mol. The van der Waals surface area contributed by atoms with Crippen LogP contribution < -0.4 is 4.74 Å². The standard InChI is InChI=1S/C27H36N2OS/c1-4-6-17-29(18-7-5-2)19-8-20-30-24-13-10-23(11-14-24)12-16-27-28-25-21-22(3)9-15-26(25)31-27/h9-16,21H,4-8,17-20H2,1-3H3/b16-12+. The molecule has 0 fully saturated rings. The maximum Gasteiger partial charge on any atom is 0.119 e. The van der Waals surface area contributed by atoms with Gasteiger partial charge in [-0.25, -0.2) is 4.98 Å². The molecule has 0 aliphatic rings. The van der Waals surface area contributed by atoms with Gasteiger partial charge in [0, 0.05) is 6.54 Å². The summed E-state index contributed by atoms with van der Waals surface area (Å²) in [6.45, 7) is 11.0. The van der Waals surface area contributed by atoms with E-state index in [2.05, 4.69) is 80.3 Å². The Labute approximate surface area is 191 Å². The number of hydrogen-bond acceptors (Lipinski definition) is 4. The summed E-state index contributed by atoms with van der Waals surface area (Å²) < 4.78 is 7.21. The van der Waals surface area contributed by atoms with E-state index in [1.165, 1.54) is 49.0 Å². The van der Waals surface area contributed by atoms with Gasteiger partial charge < -0.3 is 9.64 Å². The van der Waals surface area contributed by atoms with E-state index in [1.807, 2.05) is 0 Å². The van der Waals surface area contributed by atoms with E-state index in [0.29, 0.717) is 0 Å². The first-order valence-corrected chi connectivity index (χ1v) is 12.5. The number of hydrogen-bond donors (Lipinski definition) is 0. The van der Waals surface area contributed by atoms with Crippen molar-refractivity contribution in [3.05, 3.63) is 58.6 Å². The molecule has 3 nitrogen and oxygen atoms in total. The number of ether oxygens (including phenoxy) is 1. The molecule has 0 spiro atoms. The number of aryl methyl sites for hydroxylation is 1. The van der Waals surface area contributed by atoms with Gasteiger partial charge in [-0.2, -0.15) is 0 Å². The average molecular weight is 437 g/mol. The number of benzene rings is 2. The Morgan fingerprint density at radius 1 is 0.903 bits per heavy atom. The monoisotopic (exact) mass is 436 g/mol. The van der Waals surface area contributed by atoms with Crippen molar-refractivity contribution in [2.24, 2.45) is 0 Å². The van der Waals surface area contributed by atoms with Gasteiger partial charge in [0.05, 0.1) is 16.8 Å². The number of nitrogens with zero attached hydrogens (tertiary/aromatic N) is 2. The van der Waals surface area contributed by atoms with Crippen LogP contribution in [0.1, 0.15) is 62.1 Å². The molecular formula is C27H36N2OS. The number of aromatic nitrogens is 1. The fourth-order valence-electron chi connectivity index (χ4n) is 3.55. The van der Waals surface area contributed by atoms with Crippen LogP contribution in [0.3, 0.4) is 0 Å². The van der Waals surface area contributed by atoms with Crippen LogP contribution in [0.15, 0.2) is 42.5 Å². The highest BCUT2D eigenvalue weighted by atomic mass is 32.1. The molecule has 3 rings (SSSR count). The number of unbranched alkanes of at least 4 members (excludes halogenated alkanes) is 2. The largest absolute Gasteiger partial charge is 0.494 e. The van der Waals surface area contributed by atoms with Crippen LogP contribution in [0.25, 0.3) is 22.4 Å². The summed E-state index contributed by atoms with van der Waals surface area (Å²) in [5, 5.41) is 1.04. The van der Waals surface area contributed by atoms with Crippen molar-refractivity contribution in [3.8, 4) is 5.75 Å². The summed E-state index contributed by atoms with van der Waals surface area (Å²) in [6.07, 6.45) is 10.4. The van der Waals surface area contributed by atoms with Gasteiger partial charge in [-0.1, -0.05) is 51.0 Å². The second-order valence-electron chi connectivity index (χ2n) is 8.18. The van der Waals surface area contributed by atoms with E-state index in [-0.39, 0.29) is 0 Å². The lowest BCUT2D eigenvalue weighted by atomic mass is 10.2. The van der Waals surface area contributed by atoms with E-state index >= 15 is 0 Å². The highest BCUT2D eigenvalue weighted by Crippen LogP contribution is 2.24. The van der Waals surface area contributed by atoms with Crippen molar-refractivity contribution < 1.29 is 4.74 Å². The normalized spacial score (nSPS) is 11.7. The van der Waals surface area contributed by atoms with Gasteiger partial charge in [-0.05, 0) is 80.7 Å². The van der Waals surface area contributed by atoms with Gasteiger partial charge in [0.15, 0.2) is 0 Å².